The van der Waals surface area contributed by atoms with Gasteiger partial charge in [-0.1, -0.05) is 13.8 Å². The monoisotopic (exact) mass is 173 g/mol. The topological polar surface area (TPSA) is 12.4 Å². The van der Waals surface area contributed by atoms with Gasteiger partial charge in [0.05, 0.1) is 11.5 Å². The molecular weight excluding hydrogens is 160 g/mol. The molecule has 0 spiro atoms. The Morgan fingerprint density at radius 2 is 1.92 bits per heavy atom. The van der Waals surface area contributed by atoms with Crippen LogP contribution in [-0.4, -0.2) is 6.72 Å². The summed E-state index contributed by atoms with van der Waals surface area (Å²) in [7, 11) is 0. The zero-order valence-electron chi connectivity index (χ0n) is 7.56. The maximum absolute atomic E-state index is 13.0. The van der Waals surface area contributed by atoms with Gasteiger partial charge in [-0.3, -0.25) is 4.99 Å². The largest absolute Gasteiger partial charge is 0.266 e. The molecule has 1 nitrogen and oxygen atoms in total. The maximum Gasteiger partial charge on any atom is 0.147 e. The van der Waals surface area contributed by atoms with E-state index in [-0.39, 0.29) is 11.6 Å². The highest BCUT2D eigenvalue weighted by molar-refractivity contribution is 5.33. The van der Waals surface area contributed by atoms with Crippen LogP contribution in [0.15, 0.2) is 28.4 Å². The fourth-order valence-corrected chi connectivity index (χ4v) is 0.782. The minimum absolute atomic E-state index is 0.0851. The first-order valence-corrected chi connectivity index (χ1v) is 3.69. The number of hydrogen-bond acceptors (Lipinski definition) is 1. The van der Waals surface area contributed by atoms with Crippen LogP contribution in [0.5, 0.6) is 0 Å². The summed E-state index contributed by atoms with van der Waals surface area (Å²) >= 11 is 0. The number of hydrogen-bond donors (Lipinski definition) is 0. The molecule has 0 aromatic carbocycles. The zero-order chi connectivity index (χ0) is 9.72. The summed E-state index contributed by atoms with van der Waals surface area (Å²) in [6, 6.07) is 0. The summed E-state index contributed by atoms with van der Waals surface area (Å²) in [6.07, 6.45) is 0.810. The van der Waals surface area contributed by atoms with E-state index in [2.05, 4.69) is 11.7 Å². The lowest BCUT2D eigenvalue weighted by Gasteiger charge is -2.04. The van der Waals surface area contributed by atoms with Gasteiger partial charge >= 0.3 is 0 Å². The second kappa shape index (κ2) is 4.80. The van der Waals surface area contributed by atoms with Crippen molar-refractivity contribution in [3.63, 3.8) is 0 Å². The first-order valence-electron chi connectivity index (χ1n) is 3.69. The molecule has 0 atom stereocenters. The third kappa shape index (κ3) is 3.42. The molecule has 0 aliphatic heterocycles. The molecule has 0 unspecified atom stereocenters. The summed E-state index contributed by atoms with van der Waals surface area (Å²) in [5.74, 6) is -1.31. The Bertz CT molecular complexity index is 223. The lowest BCUT2D eigenvalue weighted by atomic mass is 10.1. The highest BCUT2D eigenvalue weighted by Gasteiger charge is 2.06. The normalized spacial score (nSPS) is 14.7. The third-order valence-corrected chi connectivity index (χ3v) is 1.29. The molecule has 0 heterocycles. The maximum atomic E-state index is 13.0. The third-order valence-electron chi connectivity index (χ3n) is 1.29. The Balaban J connectivity index is 4.85. The second-order valence-corrected chi connectivity index (χ2v) is 2.78. The van der Waals surface area contributed by atoms with Crippen LogP contribution in [0.1, 0.15) is 20.8 Å². The molecule has 68 valence electrons. The minimum Gasteiger partial charge on any atom is -0.266 e. The average molecular weight is 173 g/mol. The second-order valence-electron chi connectivity index (χ2n) is 2.78. The molecule has 0 aromatic heterocycles. The highest BCUT2D eigenvalue weighted by atomic mass is 19.1. The van der Waals surface area contributed by atoms with Gasteiger partial charge in [0.15, 0.2) is 0 Å². The van der Waals surface area contributed by atoms with E-state index >= 15 is 0 Å². The van der Waals surface area contributed by atoms with Crippen molar-refractivity contribution < 1.29 is 8.78 Å². The van der Waals surface area contributed by atoms with Gasteiger partial charge in [0, 0.05) is 6.08 Å². The molecule has 0 saturated carbocycles. The van der Waals surface area contributed by atoms with Crippen LogP contribution in [0, 0.1) is 5.92 Å². The van der Waals surface area contributed by atoms with Crippen LogP contribution in [0.25, 0.3) is 0 Å². The molecule has 0 amide bonds. The first kappa shape index (κ1) is 11.0. The average Bonchev–Trinajstić information content (AvgIpc) is 1.85. The van der Waals surface area contributed by atoms with Gasteiger partial charge < -0.3 is 0 Å². The summed E-state index contributed by atoms with van der Waals surface area (Å²) in [4.78, 5) is 3.48. The smallest absolute Gasteiger partial charge is 0.147 e. The lowest BCUT2D eigenvalue weighted by Crippen LogP contribution is -1.92. The van der Waals surface area contributed by atoms with E-state index in [0.29, 0.717) is 0 Å². The molecule has 3 heteroatoms. The van der Waals surface area contributed by atoms with Crippen LogP contribution >= 0.6 is 0 Å². The molecule has 0 aliphatic rings. The van der Waals surface area contributed by atoms with Crippen LogP contribution in [0.3, 0.4) is 0 Å². The lowest BCUT2D eigenvalue weighted by molar-refractivity contribution is 0.591. The van der Waals surface area contributed by atoms with Crippen molar-refractivity contribution in [3.05, 3.63) is 23.4 Å². The van der Waals surface area contributed by atoms with Crippen LogP contribution in [0.4, 0.5) is 8.78 Å². The fourth-order valence-electron chi connectivity index (χ4n) is 0.782. The van der Waals surface area contributed by atoms with Gasteiger partial charge in [-0.15, -0.1) is 0 Å². The van der Waals surface area contributed by atoms with Gasteiger partial charge in [-0.05, 0) is 19.6 Å². The molecule has 0 fully saturated rings. The summed E-state index contributed by atoms with van der Waals surface area (Å²) in [5.41, 5.74) is 0.187. The summed E-state index contributed by atoms with van der Waals surface area (Å²) in [6.45, 7) is 7.93. The molecule has 12 heavy (non-hydrogen) atoms. The molecule has 0 bridgehead atoms. The van der Waals surface area contributed by atoms with Gasteiger partial charge in [-0.2, -0.15) is 0 Å². The zero-order valence-corrected chi connectivity index (χ0v) is 7.56. The van der Waals surface area contributed by atoms with E-state index in [0.717, 1.165) is 6.08 Å². The van der Waals surface area contributed by atoms with Crippen molar-refractivity contribution in [2.24, 2.45) is 10.9 Å². The van der Waals surface area contributed by atoms with Gasteiger partial charge in [0.2, 0.25) is 0 Å². The number of halogens is 2. The number of rotatable bonds is 3. The minimum atomic E-state index is -0.653. The molecule has 0 aliphatic carbocycles. The molecule has 0 rings (SSSR count). The summed E-state index contributed by atoms with van der Waals surface area (Å²) in [5, 5.41) is 0. The van der Waals surface area contributed by atoms with E-state index in [1.807, 2.05) is 0 Å². The summed E-state index contributed by atoms with van der Waals surface area (Å²) < 4.78 is 25.2. The Morgan fingerprint density at radius 1 is 1.42 bits per heavy atom. The van der Waals surface area contributed by atoms with Gasteiger partial charge in [0.25, 0.3) is 0 Å². The predicted octanol–water partition coefficient (Wildman–Crippen LogP) is 3.40. The Morgan fingerprint density at radius 3 is 2.17 bits per heavy atom. The predicted molar refractivity (Wildman–Crippen MR) is 47.4 cm³/mol. The molecule has 0 N–H and O–H groups in total. The molecule has 0 saturated heterocycles. The Kier molecular flexibility index (Phi) is 4.40. The number of aliphatic imine (C=N–C) groups is 1. The number of nitrogens with zero attached hydrogens (tertiary/aromatic N) is 1. The first-order chi connectivity index (χ1) is 5.49. The van der Waals surface area contributed by atoms with E-state index in [4.69, 9.17) is 0 Å². The van der Waals surface area contributed by atoms with Crippen molar-refractivity contribution in [1.29, 1.82) is 0 Å². The van der Waals surface area contributed by atoms with Gasteiger partial charge in [0.1, 0.15) is 5.83 Å². The molecule has 0 radical (unpaired) electrons. The van der Waals surface area contributed by atoms with E-state index in [9.17, 15) is 8.78 Å². The van der Waals surface area contributed by atoms with E-state index in [1.54, 1.807) is 13.8 Å². The quantitative estimate of drug-likeness (QED) is 0.458. The van der Waals surface area contributed by atoms with Crippen molar-refractivity contribution in [3.8, 4) is 0 Å². The standard InChI is InChI=1S/C9H13F2N/c1-6(2)9(12-4)8(11)5-7(3)10/h5-6H,4H2,1-3H3/b7-5+,9-8+. The van der Waals surface area contributed by atoms with Gasteiger partial charge in [-0.25, -0.2) is 8.78 Å². The van der Waals surface area contributed by atoms with Crippen molar-refractivity contribution >= 4 is 6.72 Å². The van der Waals surface area contributed by atoms with E-state index in [1.165, 1.54) is 6.92 Å². The Labute approximate surface area is 71.5 Å². The van der Waals surface area contributed by atoms with Crippen LogP contribution in [-0.2, 0) is 0 Å². The van der Waals surface area contributed by atoms with Crippen molar-refractivity contribution in [2.45, 2.75) is 20.8 Å². The van der Waals surface area contributed by atoms with Crippen LogP contribution < -0.4 is 0 Å². The van der Waals surface area contributed by atoms with Crippen molar-refractivity contribution in [2.75, 3.05) is 0 Å². The highest BCUT2D eigenvalue weighted by Crippen LogP contribution is 2.19. The Hall–Kier alpha value is -0.990. The van der Waals surface area contributed by atoms with E-state index < -0.39 is 11.7 Å². The SMILES string of the molecule is C=N/C(=C(F)\C=C(/C)F)C(C)C. The fraction of sp³-hybridized carbons (Fsp3) is 0.444. The number of allylic oxidation sites excluding steroid dienone is 4. The molecular formula is C9H13F2N. The molecule has 0 aromatic rings. The van der Waals surface area contributed by atoms with Crippen LogP contribution in [0.2, 0.25) is 0 Å². The van der Waals surface area contributed by atoms with Crippen molar-refractivity contribution in [1.82, 2.24) is 0 Å².